The Balaban J connectivity index is 3.35. The van der Waals surface area contributed by atoms with Crippen LogP contribution < -0.4 is 4.72 Å². The molecule has 21 heavy (non-hydrogen) atoms. The van der Waals surface area contributed by atoms with Crippen molar-refractivity contribution in [1.29, 1.82) is 5.26 Å². The molecule has 0 heterocycles. The molecule has 0 spiro atoms. The van der Waals surface area contributed by atoms with Crippen molar-refractivity contribution in [3.8, 4) is 6.07 Å². The number of rotatable bonds is 6. The molecule has 0 saturated carbocycles. The van der Waals surface area contributed by atoms with Gasteiger partial charge in [0, 0.05) is 12.1 Å². The van der Waals surface area contributed by atoms with E-state index in [2.05, 4.69) is 4.72 Å². The van der Waals surface area contributed by atoms with E-state index in [4.69, 9.17) is 11.6 Å². The minimum Gasteiger partial charge on any atom is -0.258 e. The van der Waals surface area contributed by atoms with Gasteiger partial charge in [-0.3, -0.25) is 10.1 Å². The van der Waals surface area contributed by atoms with Crippen LogP contribution in [0.2, 0.25) is 5.02 Å². The summed E-state index contributed by atoms with van der Waals surface area (Å²) in [4.78, 5) is 9.61. The van der Waals surface area contributed by atoms with Crippen molar-refractivity contribution >= 4 is 27.3 Å². The first-order valence-electron chi connectivity index (χ1n) is 6.10. The number of benzene rings is 1. The van der Waals surface area contributed by atoms with Gasteiger partial charge >= 0.3 is 0 Å². The Morgan fingerprint density at radius 1 is 1.43 bits per heavy atom. The van der Waals surface area contributed by atoms with Crippen LogP contribution in [0.15, 0.2) is 23.1 Å². The maximum Gasteiger partial charge on any atom is 0.270 e. The van der Waals surface area contributed by atoms with Crippen LogP contribution in [0, 0.1) is 21.4 Å². The Labute approximate surface area is 127 Å². The molecule has 0 fully saturated rings. The highest BCUT2D eigenvalue weighted by Gasteiger charge is 2.33. The topological polar surface area (TPSA) is 113 Å². The zero-order chi connectivity index (χ0) is 16.3. The standard InChI is InChI=1S/C12H14ClN3O4S/c1-3-12(4-2,8-14)15-21(19,20)11-7-9(16(17)18)5-6-10(11)13/h5-7,15H,3-4H2,1-2H3. The zero-order valence-electron chi connectivity index (χ0n) is 11.5. The van der Waals surface area contributed by atoms with E-state index in [0.29, 0.717) is 0 Å². The molecule has 0 radical (unpaired) electrons. The van der Waals surface area contributed by atoms with E-state index in [1.165, 1.54) is 0 Å². The third-order valence-corrected chi connectivity index (χ3v) is 5.18. The summed E-state index contributed by atoms with van der Waals surface area (Å²) in [5.41, 5.74) is -1.66. The van der Waals surface area contributed by atoms with Gasteiger partial charge in [0.05, 0.1) is 16.0 Å². The highest BCUT2D eigenvalue weighted by molar-refractivity contribution is 7.89. The zero-order valence-corrected chi connectivity index (χ0v) is 13.0. The van der Waals surface area contributed by atoms with Crippen molar-refractivity contribution < 1.29 is 13.3 Å². The van der Waals surface area contributed by atoms with Crippen LogP contribution in [0.4, 0.5) is 5.69 Å². The third-order valence-electron chi connectivity index (χ3n) is 3.17. The van der Waals surface area contributed by atoms with Crippen molar-refractivity contribution in [2.24, 2.45) is 0 Å². The maximum atomic E-state index is 12.4. The molecule has 0 aliphatic carbocycles. The van der Waals surface area contributed by atoms with Crippen LogP contribution in [-0.2, 0) is 10.0 Å². The largest absolute Gasteiger partial charge is 0.270 e. The summed E-state index contributed by atoms with van der Waals surface area (Å²) in [7, 11) is -4.15. The quantitative estimate of drug-likeness (QED) is 0.635. The fourth-order valence-corrected chi connectivity index (χ4v) is 3.68. The lowest BCUT2D eigenvalue weighted by molar-refractivity contribution is -0.385. The summed E-state index contributed by atoms with van der Waals surface area (Å²) >= 11 is 5.82. The van der Waals surface area contributed by atoms with Gasteiger partial charge in [-0.15, -0.1) is 0 Å². The predicted molar refractivity (Wildman–Crippen MR) is 77.4 cm³/mol. The second kappa shape index (κ2) is 6.39. The minimum absolute atomic E-state index is 0.146. The summed E-state index contributed by atoms with van der Waals surface area (Å²) in [6.07, 6.45) is 0.511. The molecule has 0 amide bonds. The van der Waals surface area contributed by atoms with Gasteiger partial charge in [0.2, 0.25) is 10.0 Å². The maximum absolute atomic E-state index is 12.4. The molecular formula is C12H14ClN3O4S. The van der Waals surface area contributed by atoms with Crippen LogP contribution in [0.5, 0.6) is 0 Å². The smallest absolute Gasteiger partial charge is 0.258 e. The number of hydrogen-bond acceptors (Lipinski definition) is 5. The first-order chi connectivity index (χ1) is 9.71. The molecule has 0 atom stereocenters. The average molecular weight is 332 g/mol. The first-order valence-corrected chi connectivity index (χ1v) is 7.96. The number of nitrogens with one attached hydrogen (secondary N) is 1. The molecule has 0 unspecified atom stereocenters. The number of sulfonamides is 1. The number of non-ortho nitro benzene ring substituents is 1. The highest BCUT2D eigenvalue weighted by atomic mass is 35.5. The number of nitriles is 1. The molecule has 1 N–H and O–H groups in total. The van der Waals surface area contributed by atoms with Gasteiger partial charge in [-0.25, -0.2) is 8.42 Å². The lowest BCUT2D eigenvalue weighted by Crippen LogP contribution is -2.46. The Bertz CT molecular complexity index is 693. The summed E-state index contributed by atoms with van der Waals surface area (Å²) < 4.78 is 27.0. The fourth-order valence-electron chi connectivity index (χ4n) is 1.70. The van der Waals surface area contributed by atoms with Crippen molar-refractivity contribution in [3.63, 3.8) is 0 Å². The SMILES string of the molecule is CCC(C#N)(CC)NS(=O)(=O)c1cc([N+](=O)[O-])ccc1Cl. The molecule has 114 valence electrons. The van der Waals surface area contributed by atoms with Gasteiger partial charge in [-0.05, 0) is 18.9 Å². The molecule has 1 aromatic rings. The molecule has 0 aliphatic heterocycles. The van der Waals surface area contributed by atoms with E-state index in [1.807, 2.05) is 6.07 Å². The van der Waals surface area contributed by atoms with Crippen LogP contribution in [0.1, 0.15) is 26.7 Å². The summed E-state index contributed by atoms with van der Waals surface area (Å²) in [5, 5.41) is 19.8. The molecule has 0 bridgehead atoms. The van der Waals surface area contributed by atoms with Crippen LogP contribution in [-0.4, -0.2) is 18.9 Å². The van der Waals surface area contributed by atoms with Crippen molar-refractivity contribution in [2.45, 2.75) is 37.1 Å². The van der Waals surface area contributed by atoms with Crippen LogP contribution in [0.3, 0.4) is 0 Å². The Morgan fingerprint density at radius 3 is 2.43 bits per heavy atom. The first kappa shape index (κ1) is 17.4. The average Bonchev–Trinajstić information content (AvgIpc) is 2.45. The third kappa shape index (κ3) is 3.69. The molecule has 0 aromatic heterocycles. The lowest BCUT2D eigenvalue weighted by Gasteiger charge is -2.24. The second-order valence-electron chi connectivity index (χ2n) is 4.38. The molecule has 7 nitrogen and oxygen atoms in total. The van der Waals surface area contributed by atoms with E-state index in [9.17, 15) is 23.8 Å². The molecule has 0 aliphatic rings. The normalized spacial score (nSPS) is 11.9. The van der Waals surface area contributed by atoms with Gasteiger partial charge in [0.15, 0.2) is 0 Å². The Kier molecular flexibility index (Phi) is 5.28. The number of halogens is 1. The van der Waals surface area contributed by atoms with Gasteiger partial charge in [-0.1, -0.05) is 25.4 Å². The molecular weight excluding hydrogens is 318 g/mol. The van der Waals surface area contributed by atoms with Crippen LogP contribution in [0.25, 0.3) is 0 Å². The summed E-state index contributed by atoms with van der Waals surface area (Å²) in [6, 6.07) is 5.05. The monoisotopic (exact) mass is 331 g/mol. The Hall–Kier alpha value is -1.69. The second-order valence-corrected chi connectivity index (χ2v) is 6.44. The lowest BCUT2D eigenvalue weighted by atomic mass is 9.97. The summed E-state index contributed by atoms with van der Waals surface area (Å²) in [6.45, 7) is 3.34. The van der Waals surface area contributed by atoms with Gasteiger partial charge in [0.1, 0.15) is 10.4 Å². The minimum atomic E-state index is -4.15. The molecule has 0 saturated heterocycles. The Morgan fingerprint density at radius 2 is 2.00 bits per heavy atom. The van der Waals surface area contributed by atoms with E-state index in [0.717, 1.165) is 18.2 Å². The summed E-state index contributed by atoms with van der Waals surface area (Å²) in [5.74, 6) is 0. The van der Waals surface area contributed by atoms with Crippen molar-refractivity contribution in [3.05, 3.63) is 33.3 Å². The van der Waals surface area contributed by atoms with Gasteiger partial charge in [-0.2, -0.15) is 9.98 Å². The van der Waals surface area contributed by atoms with Gasteiger partial charge in [0.25, 0.3) is 5.69 Å². The fraction of sp³-hybridized carbons (Fsp3) is 0.417. The van der Waals surface area contributed by atoms with E-state index in [-0.39, 0.29) is 17.9 Å². The number of nitrogens with zero attached hydrogens (tertiary/aromatic N) is 2. The number of nitro groups is 1. The number of nitro benzene ring substituents is 1. The highest BCUT2D eigenvalue weighted by Crippen LogP contribution is 2.28. The van der Waals surface area contributed by atoms with Gasteiger partial charge < -0.3 is 0 Å². The molecule has 1 aromatic carbocycles. The van der Waals surface area contributed by atoms with E-state index >= 15 is 0 Å². The van der Waals surface area contributed by atoms with Crippen molar-refractivity contribution in [2.75, 3.05) is 0 Å². The predicted octanol–water partition coefficient (Wildman–Crippen LogP) is 2.61. The van der Waals surface area contributed by atoms with Crippen molar-refractivity contribution in [1.82, 2.24) is 4.72 Å². The van der Waals surface area contributed by atoms with E-state index < -0.39 is 31.1 Å². The molecule has 9 heteroatoms. The number of hydrogen-bond donors (Lipinski definition) is 1. The van der Waals surface area contributed by atoms with E-state index in [1.54, 1.807) is 13.8 Å². The molecule has 1 rings (SSSR count). The van der Waals surface area contributed by atoms with Crippen LogP contribution >= 0.6 is 11.6 Å².